The van der Waals surface area contributed by atoms with Gasteiger partial charge in [0.15, 0.2) is 11.5 Å². The molecule has 2 fully saturated rings. The fraction of sp³-hybridized carbons (Fsp3) is 0.632. The molecule has 2 aliphatic rings. The van der Waals surface area contributed by atoms with Crippen LogP contribution >= 0.6 is 0 Å². The number of carbonyl (C=O) groups excluding carboxylic acids is 1. The summed E-state index contributed by atoms with van der Waals surface area (Å²) < 4.78 is 16.4. The molecule has 0 atom stereocenters. The van der Waals surface area contributed by atoms with Crippen LogP contribution in [0.1, 0.15) is 44.1 Å². The summed E-state index contributed by atoms with van der Waals surface area (Å²) in [6.45, 7) is 0.00961. The van der Waals surface area contributed by atoms with E-state index in [9.17, 15) is 9.90 Å². The number of hydrogen-bond acceptors (Lipinski definition) is 5. The molecular weight excluding hydrogens is 308 g/mol. The summed E-state index contributed by atoms with van der Waals surface area (Å²) in [6, 6.07) is 5.83. The highest BCUT2D eigenvalue weighted by molar-refractivity contribution is 5.74. The van der Waals surface area contributed by atoms with Crippen molar-refractivity contribution in [2.75, 3.05) is 20.8 Å². The van der Waals surface area contributed by atoms with E-state index in [0.29, 0.717) is 18.6 Å². The SMILES string of the molecule is COC(=O)C1CC(CO)(c2ccc(OC)c(OC3CCCC3)c2)C1. The Bertz CT molecular complexity index is 585. The quantitative estimate of drug-likeness (QED) is 0.811. The third-order valence-corrected chi connectivity index (χ3v) is 5.48. The first-order chi connectivity index (χ1) is 11.6. The molecule has 1 N–H and O–H groups in total. The number of carbonyl (C=O) groups is 1. The van der Waals surface area contributed by atoms with Gasteiger partial charge in [-0.1, -0.05) is 6.07 Å². The number of esters is 1. The monoisotopic (exact) mass is 334 g/mol. The van der Waals surface area contributed by atoms with E-state index >= 15 is 0 Å². The zero-order chi connectivity index (χ0) is 17.2. The van der Waals surface area contributed by atoms with Crippen molar-refractivity contribution in [1.82, 2.24) is 0 Å². The van der Waals surface area contributed by atoms with Gasteiger partial charge in [0.05, 0.1) is 32.8 Å². The molecule has 0 radical (unpaired) electrons. The Morgan fingerprint density at radius 1 is 1.21 bits per heavy atom. The first-order valence-electron chi connectivity index (χ1n) is 8.66. The molecule has 0 heterocycles. The van der Waals surface area contributed by atoms with Crippen LogP contribution in [0.2, 0.25) is 0 Å². The molecule has 1 aromatic carbocycles. The molecule has 0 unspecified atom stereocenters. The Morgan fingerprint density at radius 3 is 2.50 bits per heavy atom. The average Bonchev–Trinajstić information content (AvgIpc) is 3.07. The van der Waals surface area contributed by atoms with Gasteiger partial charge in [-0.05, 0) is 56.2 Å². The van der Waals surface area contributed by atoms with Gasteiger partial charge in [-0.25, -0.2) is 0 Å². The zero-order valence-electron chi connectivity index (χ0n) is 14.4. The minimum atomic E-state index is -0.390. The van der Waals surface area contributed by atoms with E-state index in [1.165, 1.54) is 20.0 Å². The third-order valence-electron chi connectivity index (χ3n) is 5.48. The normalized spacial score (nSPS) is 26.7. The maximum absolute atomic E-state index is 11.7. The smallest absolute Gasteiger partial charge is 0.308 e. The van der Waals surface area contributed by atoms with Crippen LogP contribution in [0.25, 0.3) is 0 Å². The van der Waals surface area contributed by atoms with Crippen molar-refractivity contribution in [2.24, 2.45) is 5.92 Å². The molecule has 2 saturated carbocycles. The molecule has 0 bridgehead atoms. The summed E-state index contributed by atoms with van der Waals surface area (Å²) in [7, 11) is 3.04. The number of ether oxygens (including phenoxy) is 3. The largest absolute Gasteiger partial charge is 0.493 e. The highest BCUT2D eigenvalue weighted by Gasteiger charge is 2.49. The summed E-state index contributed by atoms with van der Waals surface area (Å²) in [5.41, 5.74) is 0.609. The van der Waals surface area contributed by atoms with E-state index in [1.807, 2.05) is 18.2 Å². The summed E-state index contributed by atoms with van der Waals surface area (Å²) >= 11 is 0. The Balaban J connectivity index is 1.81. The molecule has 132 valence electrons. The Kier molecular flexibility index (Phi) is 4.99. The van der Waals surface area contributed by atoms with Crippen LogP contribution in [-0.4, -0.2) is 38.0 Å². The lowest BCUT2D eigenvalue weighted by Crippen LogP contribution is -2.47. The number of aliphatic hydroxyl groups excluding tert-OH is 1. The lowest BCUT2D eigenvalue weighted by atomic mass is 9.59. The number of methoxy groups -OCH3 is 2. The molecule has 24 heavy (non-hydrogen) atoms. The molecule has 5 nitrogen and oxygen atoms in total. The average molecular weight is 334 g/mol. The second-order valence-corrected chi connectivity index (χ2v) is 6.96. The van der Waals surface area contributed by atoms with E-state index in [2.05, 4.69) is 0 Å². The third kappa shape index (κ3) is 3.09. The van der Waals surface area contributed by atoms with Gasteiger partial charge in [-0.15, -0.1) is 0 Å². The molecular formula is C19H26O5. The predicted octanol–water partition coefficient (Wildman–Crippen LogP) is 2.83. The molecule has 0 aromatic heterocycles. The van der Waals surface area contributed by atoms with Crippen LogP contribution in [-0.2, 0) is 14.9 Å². The Hall–Kier alpha value is -1.75. The Labute approximate surface area is 142 Å². The second-order valence-electron chi connectivity index (χ2n) is 6.96. The van der Waals surface area contributed by atoms with Crippen molar-refractivity contribution in [2.45, 2.75) is 50.0 Å². The number of rotatable bonds is 6. The van der Waals surface area contributed by atoms with Crippen molar-refractivity contribution in [3.05, 3.63) is 23.8 Å². The van der Waals surface area contributed by atoms with E-state index in [1.54, 1.807) is 7.11 Å². The van der Waals surface area contributed by atoms with Crippen LogP contribution in [0.3, 0.4) is 0 Å². The standard InChI is InChI=1S/C19H26O5/c1-22-16-8-7-14(9-17(16)24-15-5-3-4-6-15)19(12-20)10-13(11-19)18(21)23-2/h7-9,13,15,20H,3-6,10-12H2,1-2H3. The van der Waals surface area contributed by atoms with E-state index in [4.69, 9.17) is 14.2 Å². The number of benzene rings is 1. The maximum atomic E-state index is 11.7. The molecule has 2 aliphatic carbocycles. The van der Waals surface area contributed by atoms with Crippen molar-refractivity contribution < 1.29 is 24.1 Å². The van der Waals surface area contributed by atoms with Gasteiger partial charge in [0, 0.05) is 5.41 Å². The predicted molar refractivity (Wildman–Crippen MR) is 89.4 cm³/mol. The highest BCUT2D eigenvalue weighted by atomic mass is 16.5. The first-order valence-corrected chi connectivity index (χ1v) is 8.66. The van der Waals surface area contributed by atoms with Crippen LogP contribution in [0.4, 0.5) is 0 Å². The molecule has 3 rings (SSSR count). The second kappa shape index (κ2) is 7.01. The molecule has 5 heteroatoms. The molecule has 1 aromatic rings. The summed E-state index contributed by atoms with van der Waals surface area (Å²) in [6.07, 6.45) is 5.99. The van der Waals surface area contributed by atoms with E-state index in [0.717, 1.165) is 24.2 Å². The van der Waals surface area contributed by atoms with E-state index < -0.39 is 0 Å². The fourth-order valence-electron chi connectivity index (χ4n) is 3.96. The van der Waals surface area contributed by atoms with Crippen LogP contribution in [0.5, 0.6) is 11.5 Å². The minimum absolute atomic E-state index is 0.00961. The van der Waals surface area contributed by atoms with E-state index in [-0.39, 0.29) is 30.0 Å². The number of hydrogen-bond donors (Lipinski definition) is 1. The van der Waals surface area contributed by atoms with Gasteiger partial charge in [0.1, 0.15) is 0 Å². The van der Waals surface area contributed by atoms with Gasteiger partial charge >= 0.3 is 5.97 Å². The van der Waals surface area contributed by atoms with Gasteiger partial charge in [0.2, 0.25) is 0 Å². The summed E-state index contributed by atoms with van der Waals surface area (Å²) in [5.74, 6) is 1.11. The van der Waals surface area contributed by atoms with Crippen molar-refractivity contribution in [1.29, 1.82) is 0 Å². The Morgan fingerprint density at radius 2 is 1.92 bits per heavy atom. The minimum Gasteiger partial charge on any atom is -0.493 e. The fourth-order valence-corrected chi connectivity index (χ4v) is 3.96. The van der Waals surface area contributed by atoms with Crippen LogP contribution in [0.15, 0.2) is 18.2 Å². The van der Waals surface area contributed by atoms with Gasteiger partial charge in [0.25, 0.3) is 0 Å². The van der Waals surface area contributed by atoms with Gasteiger partial charge < -0.3 is 19.3 Å². The lowest BCUT2D eigenvalue weighted by molar-refractivity contribution is -0.152. The molecule has 0 amide bonds. The van der Waals surface area contributed by atoms with Gasteiger partial charge in [-0.2, -0.15) is 0 Å². The van der Waals surface area contributed by atoms with Crippen molar-refractivity contribution >= 4 is 5.97 Å². The lowest BCUT2D eigenvalue weighted by Gasteiger charge is -2.45. The zero-order valence-corrected chi connectivity index (χ0v) is 14.4. The van der Waals surface area contributed by atoms with Crippen molar-refractivity contribution in [3.63, 3.8) is 0 Å². The van der Waals surface area contributed by atoms with Crippen LogP contribution < -0.4 is 9.47 Å². The van der Waals surface area contributed by atoms with Crippen LogP contribution in [0, 0.1) is 5.92 Å². The van der Waals surface area contributed by atoms with Crippen molar-refractivity contribution in [3.8, 4) is 11.5 Å². The summed E-state index contributed by atoms with van der Waals surface area (Å²) in [4.78, 5) is 11.7. The van der Waals surface area contributed by atoms with Gasteiger partial charge in [-0.3, -0.25) is 4.79 Å². The molecule has 0 saturated heterocycles. The highest BCUT2D eigenvalue weighted by Crippen LogP contribution is 2.49. The number of aliphatic hydroxyl groups is 1. The molecule has 0 aliphatic heterocycles. The molecule has 0 spiro atoms. The topological polar surface area (TPSA) is 65.0 Å². The first kappa shape index (κ1) is 17.1. The maximum Gasteiger partial charge on any atom is 0.308 e. The summed E-state index contributed by atoms with van der Waals surface area (Å²) in [5, 5.41) is 9.94.